The highest BCUT2D eigenvalue weighted by Crippen LogP contribution is 2.41. The normalized spacial score (nSPS) is 22.3. The summed E-state index contributed by atoms with van der Waals surface area (Å²) in [6.45, 7) is 3.67. The number of urea groups is 1. The predicted octanol–water partition coefficient (Wildman–Crippen LogP) is 2.69. The zero-order valence-corrected chi connectivity index (χ0v) is 19.1. The average molecular weight is 436 g/mol. The van der Waals surface area contributed by atoms with Crippen molar-refractivity contribution in [3.8, 4) is 0 Å². The highest BCUT2D eigenvalue weighted by Gasteiger charge is 2.40. The molecule has 2 atom stereocenters. The quantitative estimate of drug-likeness (QED) is 0.710. The molecular weight excluding hydrogens is 402 g/mol. The van der Waals surface area contributed by atoms with Crippen molar-refractivity contribution in [2.24, 2.45) is 5.92 Å². The number of fused-ring (bicyclic) bond motifs is 2. The summed E-state index contributed by atoms with van der Waals surface area (Å²) < 4.78 is 0. The lowest BCUT2D eigenvalue weighted by atomic mass is 9.79. The van der Waals surface area contributed by atoms with E-state index in [2.05, 4.69) is 45.7 Å². The van der Waals surface area contributed by atoms with Gasteiger partial charge < -0.3 is 25.0 Å². The third kappa shape index (κ3) is 3.79. The molecule has 3 amide bonds. The Morgan fingerprint density at radius 1 is 1.22 bits per heavy atom. The van der Waals surface area contributed by atoms with Crippen molar-refractivity contribution < 1.29 is 9.59 Å². The molecule has 32 heavy (non-hydrogen) atoms. The third-order valence-corrected chi connectivity index (χ3v) is 7.08. The maximum atomic E-state index is 13.3. The number of aromatic nitrogens is 1. The van der Waals surface area contributed by atoms with Gasteiger partial charge in [0.1, 0.15) is 0 Å². The van der Waals surface area contributed by atoms with Crippen LogP contribution in [0.25, 0.3) is 16.5 Å². The van der Waals surface area contributed by atoms with E-state index in [1.54, 1.807) is 0 Å². The van der Waals surface area contributed by atoms with Crippen LogP contribution in [0.2, 0.25) is 0 Å². The zero-order chi connectivity index (χ0) is 22.2. The van der Waals surface area contributed by atoms with Crippen molar-refractivity contribution in [1.29, 1.82) is 0 Å². The highest BCUT2D eigenvalue weighted by molar-refractivity contribution is 6.00. The largest absolute Gasteiger partial charge is 0.361 e. The summed E-state index contributed by atoms with van der Waals surface area (Å²) in [5, 5.41) is 4.34. The Kier molecular flexibility index (Phi) is 5.67. The van der Waals surface area contributed by atoms with Crippen molar-refractivity contribution in [3.05, 3.63) is 41.6 Å². The number of nitrogens with zero attached hydrogens (tertiary/aromatic N) is 3. The van der Waals surface area contributed by atoms with Crippen LogP contribution in [-0.4, -0.2) is 84.5 Å². The van der Waals surface area contributed by atoms with Crippen LogP contribution in [0.15, 0.2) is 30.5 Å². The van der Waals surface area contributed by atoms with Crippen LogP contribution in [0.1, 0.15) is 30.4 Å². The van der Waals surface area contributed by atoms with Crippen molar-refractivity contribution in [1.82, 2.24) is 25.0 Å². The van der Waals surface area contributed by atoms with Crippen LogP contribution in [0, 0.1) is 5.92 Å². The number of hydrogen-bond acceptors (Lipinski definition) is 3. The molecule has 0 bridgehead atoms. The van der Waals surface area contributed by atoms with Gasteiger partial charge in [-0.1, -0.05) is 18.2 Å². The Hall–Kier alpha value is -2.80. The summed E-state index contributed by atoms with van der Waals surface area (Å²) in [5.74, 6) is -0.131. The monoisotopic (exact) mass is 435 g/mol. The van der Waals surface area contributed by atoms with E-state index in [-0.39, 0.29) is 23.9 Å². The molecule has 3 aliphatic rings. The molecule has 0 spiro atoms. The maximum absolute atomic E-state index is 13.3. The molecule has 1 aromatic carbocycles. The molecular formula is C25H33N5O2. The topological polar surface area (TPSA) is 71.7 Å². The molecule has 0 saturated carbocycles. The highest BCUT2D eigenvalue weighted by atomic mass is 16.2. The lowest BCUT2D eigenvalue weighted by Crippen LogP contribution is -2.54. The number of rotatable bonds is 5. The number of likely N-dealkylation sites (tertiary alicyclic amines) is 1. The molecule has 0 unspecified atom stereocenters. The number of benzene rings is 1. The Morgan fingerprint density at radius 3 is 2.81 bits per heavy atom. The van der Waals surface area contributed by atoms with E-state index in [0.717, 1.165) is 62.0 Å². The van der Waals surface area contributed by atoms with Gasteiger partial charge in [-0.25, -0.2) is 4.79 Å². The van der Waals surface area contributed by atoms with E-state index >= 15 is 0 Å². The maximum Gasteiger partial charge on any atom is 0.317 e. The van der Waals surface area contributed by atoms with Crippen LogP contribution in [0.5, 0.6) is 0 Å². The predicted molar refractivity (Wildman–Crippen MR) is 126 cm³/mol. The molecule has 3 heterocycles. The number of aromatic amines is 1. The van der Waals surface area contributed by atoms with Crippen LogP contribution in [0.3, 0.4) is 0 Å². The van der Waals surface area contributed by atoms with Crippen molar-refractivity contribution in [2.45, 2.75) is 31.7 Å². The summed E-state index contributed by atoms with van der Waals surface area (Å²) in [4.78, 5) is 36.0. The van der Waals surface area contributed by atoms with Crippen LogP contribution in [0.4, 0.5) is 4.79 Å². The molecule has 2 aromatic rings. The van der Waals surface area contributed by atoms with Crippen LogP contribution >= 0.6 is 0 Å². The van der Waals surface area contributed by atoms with Gasteiger partial charge in [0.2, 0.25) is 5.91 Å². The first-order valence-corrected chi connectivity index (χ1v) is 11.8. The second kappa shape index (κ2) is 8.62. The van der Waals surface area contributed by atoms with Gasteiger partial charge in [0.15, 0.2) is 0 Å². The van der Waals surface area contributed by atoms with Gasteiger partial charge in [0, 0.05) is 43.3 Å². The smallest absolute Gasteiger partial charge is 0.317 e. The number of hydrogen-bond donors (Lipinski definition) is 2. The molecule has 1 aromatic heterocycles. The fourth-order valence-electron chi connectivity index (χ4n) is 5.48. The van der Waals surface area contributed by atoms with Crippen molar-refractivity contribution >= 4 is 28.4 Å². The third-order valence-electron chi connectivity index (χ3n) is 7.08. The Balaban J connectivity index is 1.45. The molecule has 7 heteroatoms. The zero-order valence-electron chi connectivity index (χ0n) is 19.1. The summed E-state index contributed by atoms with van der Waals surface area (Å²) in [6, 6.07) is 6.17. The van der Waals surface area contributed by atoms with Crippen molar-refractivity contribution in [2.75, 3.05) is 46.8 Å². The number of carbonyl (C=O) groups excluding carboxylic acids is 2. The first-order chi connectivity index (χ1) is 15.5. The number of nitrogens with one attached hydrogen (secondary N) is 2. The standard InChI is InChI=1S/C25H33N5O2/c1-28(2)10-6-9-26-25(32)30-16-18(24(31)29-11-3-4-12-29)13-20-19-7-5-8-21-23(19)17(15-27-21)14-22(20)30/h5,7-8,13,15,18,22,27H,3-4,6,9-12,14,16H2,1-2H3,(H,26,32)/t18-,22-/m1/s1. The van der Waals surface area contributed by atoms with E-state index < -0.39 is 0 Å². The molecule has 1 fully saturated rings. The number of amides is 3. The van der Waals surface area contributed by atoms with Crippen LogP contribution in [-0.2, 0) is 11.2 Å². The summed E-state index contributed by atoms with van der Waals surface area (Å²) >= 11 is 0. The molecule has 170 valence electrons. The van der Waals surface area contributed by atoms with E-state index in [1.807, 2.05) is 23.9 Å². The molecule has 7 nitrogen and oxygen atoms in total. The SMILES string of the molecule is CN(C)CCCNC(=O)N1C[C@H](C(=O)N2CCCC2)C=C2c3cccc4[nH]cc(c34)C[C@H]21. The van der Waals surface area contributed by atoms with Gasteiger partial charge in [-0.3, -0.25) is 4.79 Å². The number of carbonyl (C=O) groups is 2. The van der Waals surface area contributed by atoms with E-state index in [1.165, 1.54) is 10.9 Å². The molecule has 5 rings (SSSR count). The minimum Gasteiger partial charge on any atom is -0.361 e. The Labute approximate surface area is 189 Å². The molecule has 2 aliphatic heterocycles. The lowest BCUT2D eigenvalue weighted by molar-refractivity contribution is -0.133. The fraction of sp³-hybridized carbons (Fsp3) is 0.520. The van der Waals surface area contributed by atoms with Gasteiger partial charge in [-0.2, -0.15) is 0 Å². The summed E-state index contributed by atoms with van der Waals surface area (Å²) in [7, 11) is 4.07. The number of H-pyrrole nitrogens is 1. The molecule has 1 aliphatic carbocycles. The molecule has 1 saturated heterocycles. The lowest BCUT2D eigenvalue weighted by Gasteiger charge is -2.42. The van der Waals surface area contributed by atoms with E-state index in [9.17, 15) is 9.59 Å². The minimum absolute atomic E-state index is 0.0413. The molecule has 2 N–H and O–H groups in total. The second-order valence-corrected chi connectivity index (χ2v) is 9.56. The first kappa shape index (κ1) is 21.1. The van der Waals surface area contributed by atoms with Gasteiger partial charge in [0.25, 0.3) is 0 Å². The van der Waals surface area contributed by atoms with E-state index in [4.69, 9.17) is 0 Å². The van der Waals surface area contributed by atoms with Gasteiger partial charge >= 0.3 is 6.03 Å². The van der Waals surface area contributed by atoms with Gasteiger partial charge in [0.05, 0.1) is 12.0 Å². The van der Waals surface area contributed by atoms with Crippen LogP contribution < -0.4 is 5.32 Å². The Morgan fingerprint density at radius 2 is 2.03 bits per heavy atom. The summed E-state index contributed by atoms with van der Waals surface area (Å²) in [6.07, 6.45) is 8.04. The minimum atomic E-state index is -0.289. The Bertz CT molecular complexity index is 1050. The average Bonchev–Trinajstić information content (AvgIpc) is 3.47. The van der Waals surface area contributed by atoms with Gasteiger partial charge in [-0.15, -0.1) is 0 Å². The fourth-order valence-corrected chi connectivity index (χ4v) is 5.48. The second-order valence-electron chi connectivity index (χ2n) is 9.56. The van der Waals surface area contributed by atoms with Crippen molar-refractivity contribution in [3.63, 3.8) is 0 Å². The first-order valence-electron chi connectivity index (χ1n) is 11.8. The summed E-state index contributed by atoms with van der Waals surface area (Å²) in [5.41, 5.74) is 4.63. The van der Waals surface area contributed by atoms with E-state index in [0.29, 0.717) is 13.1 Å². The van der Waals surface area contributed by atoms with Gasteiger partial charge in [-0.05, 0) is 69.1 Å². The molecule has 0 radical (unpaired) electrons.